The number of rotatable bonds is 6. The van der Waals surface area contributed by atoms with E-state index < -0.39 is 0 Å². The van der Waals surface area contributed by atoms with Crippen molar-refractivity contribution in [3.05, 3.63) is 35.9 Å². The van der Waals surface area contributed by atoms with Crippen molar-refractivity contribution in [2.45, 2.75) is 45.1 Å². The van der Waals surface area contributed by atoms with Crippen molar-refractivity contribution in [2.75, 3.05) is 26.2 Å². The Morgan fingerprint density at radius 1 is 1.00 bits per heavy atom. The fourth-order valence-electron chi connectivity index (χ4n) is 2.90. The second kappa shape index (κ2) is 7.66. The quantitative estimate of drug-likeness (QED) is 0.844. The zero-order chi connectivity index (χ0) is 13.5. The standard InChI is InChI=1S/C17H28N2/c1-15(17-9-5-3-6-10-17)13-18-14-16(2)19-11-7-4-8-12-19/h3,5-6,9-10,15-16,18H,4,7-8,11-14H2,1-2H3. The lowest BCUT2D eigenvalue weighted by Crippen LogP contribution is -2.43. The maximum atomic E-state index is 3.64. The zero-order valence-corrected chi connectivity index (χ0v) is 12.4. The second-order valence-electron chi connectivity index (χ2n) is 5.92. The second-order valence-corrected chi connectivity index (χ2v) is 5.92. The molecule has 2 atom stereocenters. The molecule has 0 bridgehead atoms. The average molecular weight is 260 g/mol. The van der Waals surface area contributed by atoms with Crippen LogP contribution in [0, 0.1) is 0 Å². The largest absolute Gasteiger partial charge is 0.315 e. The lowest BCUT2D eigenvalue weighted by atomic mass is 10.0. The minimum absolute atomic E-state index is 0.592. The van der Waals surface area contributed by atoms with Gasteiger partial charge in [0, 0.05) is 19.1 Å². The fraction of sp³-hybridized carbons (Fsp3) is 0.647. The number of nitrogens with one attached hydrogen (secondary N) is 1. The summed E-state index contributed by atoms with van der Waals surface area (Å²) in [5.41, 5.74) is 1.43. The number of hydrogen-bond acceptors (Lipinski definition) is 2. The molecule has 2 heteroatoms. The minimum atomic E-state index is 0.592. The summed E-state index contributed by atoms with van der Waals surface area (Å²) in [6.45, 7) is 9.41. The number of benzene rings is 1. The molecular weight excluding hydrogens is 232 g/mol. The Morgan fingerprint density at radius 3 is 2.37 bits per heavy atom. The fourth-order valence-corrected chi connectivity index (χ4v) is 2.90. The van der Waals surface area contributed by atoms with Gasteiger partial charge in [-0.25, -0.2) is 0 Å². The van der Waals surface area contributed by atoms with E-state index in [1.54, 1.807) is 0 Å². The van der Waals surface area contributed by atoms with Crippen LogP contribution in [0.25, 0.3) is 0 Å². The van der Waals surface area contributed by atoms with Crippen LogP contribution in [0.4, 0.5) is 0 Å². The predicted octanol–water partition coefficient (Wildman–Crippen LogP) is 3.25. The van der Waals surface area contributed by atoms with Gasteiger partial charge in [-0.3, -0.25) is 4.90 Å². The van der Waals surface area contributed by atoms with Gasteiger partial charge >= 0.3 is 0 Å². The molecule has 0 saturated carbocycles. The Balaban J connectivity index is 1.68. The maximum absolute atomic E-state index is 3.64. The van der Waals surface area contributed by atoms with E-state index in [9.17, 15) is 0 Å². The third kappa shape index (κ3) is 4.63. The molecule has 1 saturated heterocycles. The third-order valence-corrected chi connectivity index (χ3v) is 4.27. The van der Waals surface area contributed by atoms with E-state index in [1.807, 2.05) is 0 Å². The Kier molecular flexibility index (Phi) is 5.87. The van der Waals surface area contributed by atoms with Crippen molar-refractivity contribution in [1.29, 1.82) is 0 Å². The van der Waals surface area contributed by atoms with E-state index in [0.717, 1.165) is 13.1 Å². The van der Waals surface area contributed by atoms with Crippen molar-refractivity contribution >= 4 is 0 Å². The van der Waals surface area contributed by atoms with E-state index >= 15 is 0 Å². The summed E-state index contributed by atoms with van der Waals surface area (Å²) in [7, 11) is 0. The molecule has 1 aliphatic rings. The Labute approximate surface area is 118 Å². The van der Waals surface area contributed by atoms with Crippen LogP contribution in [0.2, 0.25) is 0 Å². The van der Waals surface area contributed by atoms with Crippen LogP contribution in [0.5, 0.6) is 0 Å². The van der Waals surface area contributed by atoms with Gasteiger partial charge in [0.2, 0.25) is 0 Å². The monoisotopic (exact) mass is 260 g/mol. The molecule has 1 aromatic rings. The highest BCUT2D eigenvalue weighted by Crippen LogP contribution is 2.14. The molecule has 19 heavy (non-hydrogen) atoms. The van der Waals surface area contributed by atoms with E-state index in [2.05, 4.69) is 54.4 Å². The van der Waals surface area contributed by atoms with Gasteiger partial charge in [0.15, 0.2) is 0 Å². The molecule has 0 amide bonds. The molecule has 2 unspecified atom stereocenters. The van der Waals surface area contributed by atoms with Crippen LogP contribution in [0.1, 0.15) is 44.6 Å². The molecule has 0 radical (unpaired) electrons. The van der Waals surface area contributed by atoms with Crippen molar-refractivity contribution in [2.24, 2.45) is 0 Å². The summed E-state index contributed by atoms with van der Waals surface area (Å²) in [6.07, 6.45) is 4.18. The molecular formula is C17H28N2. The van der Waals surface area contributed by atoms with Crippen LogP contribution in [-0.2, 0) is 0 Å². The summed E-state index contributed by atoms with van der Waals surface area (Å²) >= 11 is 0. The first kappa shape index (κ1) is 14.5. The first-order chi connectivity index (χ1) is 9.27. The van der Waals surface area contributed by atoms with Gasteiger partial charge in [-0.1, -0.05) is 43.7 Å². The van der Waals surface area contributed by atoms with Crippen LogP contribution < -0.4 is 5.32 Å². The van der Waals surface area contributed by atoms with Gasteiger partial charge in [-0.2, -0.15) is 0 Å². The third-order valence-electron chi connectivity index (χ3n) is 4.27. The molecule has 106 valence electrons. The zero-order valence-electron chi connectivity index (χ0n) is 12.4. The van der Waals surface area contributed by atoms with Crippen molar-refractivity contribution < 1.29 is 0 Å². The number of likely N-dealkylation sites (tertiary alicyclic amines) is 1. The van der Waals surface area contributed by atoms with Crippen LogP contribution >= 0.6 is 0 Å². The van der Waals surface area contributed by atoms with Gasteiger partial charge in [0.1, 0.15) is 0 Å². The smallest absolute Gasteiger partial charge is 0.0192 e. The van der Waals surface area contributed by atoms with E-state index in [4.69, 9.17) is 0 Å². The summed E-state index contributed by atoms with van der Waals surface area (Å²) in [5, 5.41) is 3.64. The first-order valence-electron chi connectivity index (χ1n) is 7.77. The Hall–Kier alpha value is -0.860. The minimum Gasteiger partial charge on any atom is -0.315 e. The molecule has 2 nitrogen and oxygen atoms in total. The predicted molar refractivity (Wildman–Crippen MR) is 82.6 cm³/mol. The summed E-state index contributed by atoms with van der Waals surface area (Å²) < 4.78 is 0. The van der Waals surface area contributed by atoms with Gasteiger partial charge < -0.3 is 5.32 Å². The molecule has 1 fully saturated rings. The van der Waals surface area contributed by atoms with Crippen molar-refractivity contribution in [3.63, 3.8) is 0 Å². The molecule has 0 spiro atoms. The lowest BCUT2D eigenvalue weighted by Gasteiger charge is -2.32. The van der Waals surface area contributed by atoms with Gasteiger partial charge in [0.25, 0.3) is 0 Å². The normalized spacial score (nSPS) is 20.1. The van der Waals surface area contributed by atoms with Crippen LogP contribution in [0.15, 0.2) is 30.3 Å². The van der Waals surface area contributed by atoms with Crippen molar-refractivity contribution in [3.8, 4) is 0 Å². The molecule has 1 N–H and O–H groups in total. The van der Waals surface area contributed by atoms with Crippen LogP contribution in [0.3, 0.4) is 0 Å². The van der Waals surface area contributed by atoms with Gasteiger partial charge in [-0.15, -0.1) is 0 Å². The number of hydrogen-bond donors (Lipinski definition) is 1. The summed E-state index contributed by atoms with van der Waals surface area (Å²) in [4.78, 5) is 2.63. The lowest BCUT2D eigenvalue weighted by molar-refractivity contribution is 0.170. The molecule has 1 aromatic carbocycles. The van der Waals surface area contributed by atoms with Gasteiger partial charge in [0.05, 0.1) is 0 Å². The van der Waals surface area contributed by atoms with E-state index in [-0.39, 0.29) is 0 Å². The highest BCUT2D eigenvalue weighted by Gasteiger charge is 2.16. The highest BCUT2D eigenvalue weighted by atomic mass is 15.2. The number of piperidine rings is 1. The topological polar surface area (TPSA) is 15.3 Å². The van der Waals surface area contributed by atoms with Crippen LogP contribution in [-0.4, -0.2) is 37.1 Å². The Morgan fingerprint density at radius 2 is 1.68 bits per heavy atom. The molecule has 1 aliphatic heterocycles. The molecule has 2 rings (SSSR count). The molecule has 0 aliphatic carbocycles. The molecule has 0 aromatic heterocycles. The summed E-state index contributed by atoms with van der Waals surface area (Å²) in [5.74, 6) is 0.592. The Bertz CT molecular complexity index is 344. The maximum Gasteiger partial charge on any atom is 0.0192 e. The van der Waals surface area contributed by atoms with E-state index in [1.165, 1.54) is 37.9 Å². The molecule has 1 heterocycles. The average Bonchev–Trinajstić information content (AvgIpc) is 2.49. The highest BCUT2D eigenvalue weighted by molar-refractivity contribution is 5.18. The number of nitrogens with zero attached hydrogens (tertiary/aromatic N) is 1. The van der Waals surface area contributed by atoms with Gasteiger partial charge in [-0.05, 0) is 44.3 Å². The SMILES string of the molecule is CC(CNCC(C)N1CCCCC1)c1ccccc1. The van der Waals surface area contributed by atoms with Crippen molar-refractivity contribution in [1.82, 2.24) is 10.2 Å². The van der Waals surface area contributed by atoms with E-state index in [0.29, 0.717) is 12.0 Å². The first-order valence-corrected chi connectivity index (χ1v) is 7.77. The summed E-state index contributed by atoms with van der Waals surface area (Å²) in [6, 6.07) is 11.5.